The largest absolute Gasteiger partial charge is 0.478 e. The number of carbonyl (C=O) groups excluding carboxylic acids is 1. The number of amides is 1. The van der Waals surface area contributed by atoms with Crippen molar-refractivity contribution in [2.24, 2.45) is 5.92 Å². The maximum Gasteiger partial charge on any atom is 0.410 e. The van der Waals surface area contributed by atoms with E-state index >= 15 is 0 Å². The lowest BCUT2D eigenvalue weighted by atomic mass is 9.80. The van der Waals surface area contributed by atoms with Crippen LogP contribution in [0.3, 0.4) is 0 Å². The summed E-state index contributed by atoms with van der Waals surface area (Å²) >= 11 is 0. The van der Waals surface area contributed by atoms with Crippen molar-refractivity contribution in [3.8, 4) is 0 Å². The number of aromatic nitrogens is 2. The number of carbonyl (C=O) groups is 2. The summed E-state index contributed by atoms with van der Waals surface area (Å²) < 4.78 is 7.29. The van der Waals surface area contributed by atoms with E-state index in [1.165, 1.54) is 6.42 Å². The number of rotatable bonds is 5. The molecular weight excluding hydrogens is 346 g/mol. The van der Waals surface area contributed by atoms with Crippen molar-refractivity contribution in [2.45, 2.75) is 65.1 Å². The van der Waals surface area contributed by atoms with Gasteiger partial charge in [0.1, 0.15) is 11.2 Å². The first-order valence-electron chi connectivity index (χ1n) is 9.34. The van der Waals surface area contributed by atoms with Gasteiger partial charge in [-0.15, -0.1) is 0 Å². The molecule has 0 aromatic carbocycles. The number of fused-ring (bicyclic) bond motifs is 1. The number of aromatic carboxylic acids is 1. The smallest absolute Gasteiger partial charge is 0.410 e. The molecule has 0 aliphatic heterocycles. The molecule has 146 valence electrons. The number of carboxylic acid groups (broad SMARTS) is 1. The molecule has 0 bridgehead atoms. The van der Waals surface area contributed by atoms with Gasteiger partial charge in [-0.1, -0.05) is 6.42 Å². The molecule has 1 N–H and O–H groups in total. The second-order valence-corrected chi connectivity index (χ2v) is 8.27. The molecule has 1 aliphatic carbocycles. The minimum atomic E-state index is -1.04. The van der Waals surface area contributed by atoms with Gasteiger partial charge >= 0.3 is 12.1 Å². The van der Waals surface area contributed by atoms with E-state index in [4.69, 9.17) is 4.74 Å². The van der Waals surface area contributed by atoms with E-state index < -0.39 is 11.6 Å². The molecule has 2 aromatic rings. The van der Waals surface area contributed by atoms with Crippen molar-refractivity contribution in [1.82, 2.24) is 14.3 Å². The summed E-state index contributed by atoms with van der Waals surface area (Å²) in [6.07, 6.45) is 8.10. The minimum absolute atomic E-state index is 0.0281. The van der Waals surface area contributed by atoms with Crippen LogP contribution < -0.4 is 0 Å². The predicted octanol–water partition coefficient (Wildman–Crippen LogP) is 3.96. The van der Waals surface area contributed by atoms with Gasteiger partial charge in [-0.05, 0) is 58.1 Å². The SMILES string of the molecule is C[C@@H](C1CCC1)N(Cc1cc(C(=O)O)c2nccn2c1)C(=O)OC(C)(C)C. The van der Waals surface area contributed by atoms with Crippen molar-refractivity contribution in [3.05, 3.63) is 35.8 Å². The van der Waals surface area contributed by atoms with Gasteiger partial charge in [0.15, 0.2) is 5.65 Å². The zero-order valence-electron chi connectivity index (χ0n) is 16.3. The van der Waals surface area contributed by atoms with Gasteiger partial charge in [-0.25, -0.2) is 14.6 Å². The highest BCUT2D eigenvalue weighted by Crippen LogP contribution is 2.33. The number of pyridine rings is 1. The Kier molecular flexibility index (Phi) is 5.13. The molecule has 27 heavy (non-hydrogen) atoms. The fraction of sp³-hybridized carbons (Fsp3) is 0.550. The number of carboxylic acids is 1. The Labute approximate surface area is 158 Å². The molecule has 0 spiro atoms. The van der Waals surface area contributed by atoms with E-state index in [2.05, 4.69) is 4.98 Å². The third-order valence-corrected chi connectivity index (χ3v) is 5.08. The van der Waals surface area contributed by atoms with Crippen molar-refractivity contribution < 1.29 is 19.4 Å². The van der Waals surface area contributed by atoms with E-state index in [1.807, 2.05) is 33.9 Å². The van der Waals surface area contributed by atoms with E-state index in [0.29, 0.717) is 18.1 Å². The highest BCUT2D eigenvalue weighted by Gasteiger charge is 2.33. The summed E-state index contributed by atoms with van der Waals surface area (Å²) in [5.41, 5.74) is 0.657. The molecule has 0 saturated heterocycles. The van der Waals surface area contributed by atoms with Crippen LogP contribution in [-0.4, -0.2) is 43.1 Å². The highest BCUT2D eigenvalue weighted by atomic mass is 16.6. The monoisotopic (exact) mass is 373 g/mol. The highest BCUT2D eigenvalue weighted by molar-refractivity contribution is 5.94. The van der Waals surface area contributed by atoms with Crippen LogP contribution in [0.2, 0.25) is 0 Å². The summed E-state index contributed by atoms with van der Waals surface area (Å²) in [4.78, 5) is 30.3. The zero-order chi connectivity index (χ0) is 19.8. The molecule has 2 aromatic heterocycles. The fourth-order valence-corrected chi connectivity index (χ4v) is 3.40. The minimum Gasteiger partial charge on any atom is -0.478 e. The van der Waals surface area contributed by atoms with Gasteiger partial charge in [0.2, 0.25) is 0 Å². The lowest BCUT2D eigenvalue weighted by Crippen LogP contribution is -2.46. The Hall–Kier alpha value is -2.57. The lowest BCUT2D eigenvalue weighted by molar-refractivity contribution is 0.00358. The first kappa shape index (κ1) is 19.2. The van der Waals surface area contributed by atoms with Crippen LogP contribution in [-0.2, 0) is 11.3 Å². The first-order valence-corrected chi connectivity index (χ1v) is 9.34. The number of imidazole rings is 1. The van der Waals surface area contributed by atoms with Crippen molar-refractivity contribution in [3.63, 3.8) is 0 Å². The average molecular weight is 373 g/mol. The lowest BCUT2D eigenvalue weighted by Gasteiger charge is -2.39. The van der Waals surface area contributed by atoms with Gasteiger partial charge in [-0.2, -0.15) is 0 Å². The average Bonchev–Trinajstić information content (AvgIpc) is 2.96. The first-order chi connectivity index (χ1) is 12.7. The van der Waals surface area contributed by atoms with Gasteiger partial charge < -0.3 is 19.1 Å². The molecule has 1 fully saturated rings. The third kappa shape index (κ3) is 4.23. The van der Waals surface area contributed by atoms with E-state index in [-0.39, 0.29) is 17.7 Å². The van der Waals surface area contributed by atoms with Crippen molar-refractivity contribution in [2.75, 3.05) is 0 Å². The van der Waals surface area contributed by atoms with E-state index in [1.54, 1.807) is 27.8 Å². The molecular formula is C20H27N3O4. The maximum absolute atomic E-state index is 12.8. The fourth-order valence-electron chi connectivity index (χ4n) is 3.40. The van der Waals surface area contributed by atoms with E-state index in [9.17, 15) is 14.7 Å². The van der Waals surface area contributed by atoms with E-state index in [0.717, 1.165) is 18.4 Å². The Morgan fingerprint density at radius 2 is 2.11 bits per heavy atom. The molecule has 1 saturated carbocycles. The molecule has 3 rings (SSSR count). The second kappa shape index (κ2) is 7.21. The van der Waals surface area contributed by atoms with Crippen LogP contribution in [0.15, 0.2) is 24.7 Å². The van der Waals surface area contributed by atoms with Crippen LogP contribution in [0.1, 0.15) is 62.9 Å². The molecule has 0 radical (unpaired) electrons. The van der Waals surface area contributed by atoms with Crippen LogP contribution in [0.5, 0.6) is 0 Å². The summed E-state index contributed by atoms with van der Waals surface area (Å²) in [5.74, 6) is -0.586. The summed E-state index contributed by atoms with van der Waals surface area (Å²) in [5, 5.41) is 9.51. The Bertz CT molecular complexity index is 849. The van der Waals surface area contributed by atoms with Gasteiger partial charge in [0.25, 0.3) is 0 Å². The second-order valence-electron chi connectivity index (χ2n) is 8.27. The van der Waals surface area contributed by atoms with Crippen LogP contribution in [0.4, 0.5) is 4.79 Å². The molecule has 7 heteroatoms. The summed E-state index contributed by atoms with van der Waals surface area (Å²) in [6.45, 7) is 7.87. The van der Waals surface area contributed by atoms with Gasteiger partial charge in [0.05, 0.1) is 6.54 Å². The van der Waals surface area contributed by atoms with Gasteiger partial charge in [-0.3, -0.25) is 0 Å². The van der Waals surface area contributed by atoms with Crippen LogP contribution >= 0.6 is 0 Å². The number of hydrogen-bond donors (Lipinski definition) is 1. The number of nitrogens with zero attached hydrogens (tertiary/aromatic N) is 3. The molecule has 1 atom stereocenters. The predicted molar refractivity (Wildman–Crippen MR) is 101 cm³/mol. The Balaban J connectivity index is 1.92. The Morgan fingerprint density at radius 1 is 1.41 bits per heavy atom. The van der Waals surface area contributed by atoms with Crippen molar-refractivity contribution >= 4 is 17.7 Å². The molecule has 0 unspecified atom stereocenters. The van der Waals surface area contributed by atoms with Crippen molar-refractivity contribution in [1.29, 1.82) is 0 Å². The quantitative estimate of drug-likeness (QED) is 0.858. The summed E-state index contributed by atoms with van der Waals surface area (Å²) in [6, 6.07) is 1.62. The van der Waals surface area contributed by atoms with Crippen LogP contribution in [0.25, 0.3) is 5.65 Å². The third-order valence-electron chi connectivity index (χ3n) is 5.08. The molecule has 1 amide bonds. The Morgan fingerprint density at radius 3 is 2.67 bits per heavy atom. The zero-order valence-corrected chi connectivity index (χ0v) is 16.3. The molecule has 2 heterocycles. The van der Waals surface area contributed by atoms with Crippen LogP contribution in [0, 0.1) is 5.92 Å². The maximum atomic E-state index is 12.8. The normalized spacial score (nSPS) is 16.0. The number of hydrogen-bond acceptors (Lipinski definition) is 4. The topological polar surface area (TPSA) is 84.1 Å². The molecule has 7 nitrogen and oxygen atoms in total. The van der Waals surface area contributed by atoms with Gasteiger partial charge in [0, 0.05) is 24.6 Å². The number of ether oxygens (including phenoxy) is 1. The standard InChI is InChI=1S/C20H27N3O4/c1-13(15-6-5-7-15)23(19(26)27-20(2,3)4)12-14-10-16(18(24)25)17-21-8-9-22(17)11-14/h8-11,13,15H,5-7,12H2,1-4H3,(H,24,25)/t13-/m0/s1. The molecule has 1 aliphatic rings. The summed E-state index contributed by atoms with van der Waals surface area (Å²) in [7, 11) is 0.